The molecule has 2 aromatic rings. The number of anilines is 1. The molecule has 0 atom stereocenters. The van der Waals surface area contributed by atoms with E-state index in [9.17, 15) is 10.2 Å². The molecule has 0 unspecified atom stereocenters. The minimum atomic E-state index is -0.596. The summed E-state index contributed by atoms with van der Waals surface area (Å²) in [7, 11) is 1.95. The molecular weight excluding hydrogens is 264 g/mol. The normalized spacial score (nSPS) is 17.3. The number of pyridine rings is 1. The minimum Gasteiger partial charge on any atom is -0.392 e. The first-order chi connectivity index (χ1) is 10.1. The van der Waals surface area contributed by atoms with Gasteiger partial charge in [0.05, 0.1) is 17.7 Å². The molecule has 4 heteroatoms. The summed E-state index contributed by atoms with van der Waals surface area (Å²) < 4.78 is 0. The smallest absolute Gasteiger partial charge is 0.129 e. The van der Waals surface area contributed by atoms with Crippen LogP contribution >= 0.6 is 0 Å². The second kappa shape index (κ2) is 5.62. The van der Waals surface area contributed by atoms with Crippen molar-refractivity contribution in [1.29, 1.82) is 0 Å². The number of rotatable bonds is 4. The summed E-state index contributed by atoms with van der Waals surface area (Å²) in [6, 6.07) is 9.75. The maximum Gasteiger partial charge on any atom is 0.129 e. The number of benzene rings is 1. The van der Waals surface area contributed by atoms with Crippen LogP contribution in [0.3, 0.4) is 0 Å². The molecule has 1 heterocycles. The summed E-state index contributed by atoms with van der Waals surface area (Å²) >= 11 is 0. The van der Waals surface area contributed by atoms with E-state index in [1.54, 1.807) is 0 Å². The topological polar surface area (TPSA) is 56.6 Å². The number of para-hydroxylation sites is 1. The molecule has 0 amide bonds. The number of nitrogens with zero attached hydrogens (tertiary/aromatic N) is 2. The van der Waals surface area contributed by atoms with E-state index in [4.69, 9.17) is 0 Å². The molecule has 0 saturated heterocycles. The lowest BCUT2D eigenvalue weighted by Gasteiger charge is -2.29. The molecule has 3 rings (SSSR count). The molecule has 1 fully saturated rings. The number of likely N-dealkylation sites (N-methyl/N-ethyl adjacent to an activating group) is 1. The van der Waals surface area contributed by atoms with Gasteiger partial charge in [0.25, 0.3) is 0 Å². The Balaban J connectivity index is 1.92. The number of aliphatic hydroxyl groups is 2. The zero-order valence-electron chi connectivity index (χ0n) is 12.4. The molecule has 1 aromatic carbocycles. The van der Waals surface area contributed by atoms with Crippen LogP contribution in [0.5, 0.6) is 0 Å². The molecule has 1 aliphatic carbocycles. The van der Waals surface area contributed by atoms with Crippen LogP contribution < -0.4 is 4.90 Å². The Morgan fingerprint density at radius 3 is 2.67 bits per heavy atom. The summed E-state index contributed by atoms with van der Waals surface area (Å²) in [6.45, 7) is 0.581. The molecule has 1 aromatic heterocycles. The summed E-state index contributed by atoms with van der Waals surface area (Å²) in [5.74, 6) is 0.804. The third-order valence-corrected chi connectivity index (χ3v) is 4.42. The Labute approximate surface area is 125 Å². The SMILES string of the molecule is CN(CC1(O)CCCC1)c1cc(CO)c2ccccc2n1. The highest BCUT2D eigenvalue weighted by Crippen LogP contribution is 2.31. The van der Waals surface area contributed by atoms with Gasteiger partial charge in [0, 0.05) is 19.0 Å². The van der Waals surface area contributed by atoms with Gasteiger partial charge in [-0.05, 0) is 30.5 Å². The van der Waals surface area contributed by atoms with Crippen molar-refractivity contribution in [2.24, 2.45) is 0 Å². The first-order valence-electron chi connectivity index (χ1n) is 7.54. The summed E-state index contributed by atoms with van der Waals surface area (Å²) in [6.07, 6.45) is 3.91. The van der Waals surface area contributed by atoms with Crippen molar-refractivity contribution in [2.45, 2.75) is 37.9 Å². The van der Waals surface area contributed by atoms with E-state index in [2.05, 4.69) is 4.98 Å². The van der Waals surface area contributed by atoms with Crippen molar-refractivity contribution >= 4 is 16.7 Å². The molecule has 21 heavy (non-hydrogen) atoms. The Bertz CT molecular complexity index is 636. The minimum absolute atomic E-state index is 0.00581. The third kappa shape index (κ3) is 2.87. The predicted octanol–water partition coefficient (Wildman–Crippen LogP) is 2.47. The number of aromatic nitrogens is 1. The van der Waals surface area contributed by atoms with Crippen LogP contribution in [-0.2, 0) is 6.61 Å². The fourth-order valence-electron chi connectivity index (χ4n) is 3.27. The molecule has 2 N–H and O–H groups in total. The van der Waals surface area contributed by atoms with Gasteiger partial charge in [0.2, 0.25) is 0 Å². The van der Waals surface area contributed by atoms with Gasteiger partial charge >= 0.3 is 0 Å². The van der Waals surface area contributed by atoms with Crippen LogP contribution in [0, 0.1) is 0 Å². The van der Waals surface area contributed by atoms with Crippen LogP contribution in [0.25, 0.3) is 10.9 Å². The summed E-state index contributed by atoms with van der Waals surface area (Å²) in [5.41, 5.74) is 1.16. The number of aliphatic hydroxyl groups excluding tert-OH is 1. The van der Waals surface area contributed by atoms with E-state index in [1.165, 1.54) is 0 Å². The maximum absolute atomic E-state index is 10.5. The second-order valence-corrected chi connectivity index (χ2v) is 6.10. The molecule has 1 saturated carbocycles. The van der Waals surface area contributed by atoms with E-state index in [0.29, 0.717) is 6.54 Å². The molecule has 0 radical (unpaired) electrons. The fourth-order valence-corrected chi connectivity index (χ4v) is 3.27. The molecule has 0 spiro atoms. The van der Waals surface area contributed by atoms with E-state index in [1.807, 2.05) is 42.3 Å². The summed E-state index contributed by atoms with van der Waals surface area (Å²) in [4.78, 5) is 6.66. The number of fused-ring (bicyclic) bond motifs is 1. The van der Waals surface area contributed by atoms with Crippen LogP contribution in [0.4, 0.5) is 5.82 Å². The van der Waals surface area contributed by atoms with Gasteiger partial charge in [-0.2, -0.15) is 0 Å². The van der Waals surface area contributed by atoms with Gasteiger partial charge in [-0.15, -0.1) is 0 Å². The van der Waals surface area contributed by atoms with Gasteiger partial charge in [-0.1, -0.05) is 31.0 Å². The van der Waals surface area contributed by atoms with Gasteiger partial charge < -0.3 is 15.1 Å². The average Bonchev–Trinajstić information content (AvgIpc) is 2.92. The average molecular weight is 286 g/mol. The van der Waals surface area contributed by atoms with Gasteiger partial charge in [-0.25, -0.2) is 4.98 Å². The second-order valence-electron chi connectivity index (χ2n) is 6.10. The van der Waals surface area contributed by atoms with Gasteiger partial charge in [0.15, 0.2) is 0 Å². The Morgan fingerprint density at radius 2 is 1.95 bits per heavy atom. The molecule has 0 aliphatic heterocycles. The first-order valence-corrected chi connectivity index (χ1v) is 7.54. The highest BCUT2D eigenvalue weighted by molar-refractivity contribution is 5.84. The van der Waals surface area contributed by atoms with Crippen molar-refractivity contribution in [1.82, 2.24) is 4.98 Å². The maximum atomic E-state index is 10.5. The van der Waals surface area contributed by atoms with E-state index in [-0.39, 0.29) is 6.61 Å². The number of hydrogen-bond acceptors (Lipinski definition) is 4. The van der Waals surface area contributed by atoms with Crippen molar-refractivity contribution in [3.05, 3.63) is 35.9 Å². The predicted molar refractivity (Wildman–Crippen MR) is 84.4 cm³/mol. The molecule has 112 valence electrons. The zero-order chi connectivity index (χ0) is 14.9. The van der Waals surface area contributed by atoms with Crippen molar-refractivity contribution in [3.63, 3.8) is 0 Å². The monoisotopic (exact) mass is 286 g/mol. The lowest BCUT2D eigenvalue weighted by atomic mass is 10.0. The van der Waals surface area contributed by atoms with Crippen molar-refractivity contribution < 1.29 is 10.2 Å². The molecule has 0 bridgehead atoms. The van der Waals surface area contributed by atoms with Crippen LogP contribution in [-0.4, -0.2) is 34.4 Å². The van der Waals surface area contributed by atoms with E-state index >= 15 is 0 Å². The third-order valence-electron chi connectivity index (χ3n) is 4.42. The Hall–Kier alpha value is -1.65. The standard InChI is InChI=1S/C17H22N2O2/c1-19(12-17(21)8-4-5-9-17)16-10-13(11-20)14-6-2-3-7-15(14)18-16/h2-3,6-7,10,20-21H,4-5,8-9,11-12H2,1H3. The van der Waals surface area contributed by atoms with E-state index in [0.717, 1.165) is 48.0 Å². The largest absolute Gasteiger partial charge is 0.392 e. The molecule has 1 aliphatic rings. The molecule has 4 nitrogen and oxygen atoms in total. The zero-order valence-corrected chi connectivity index (χ0v) is 12.4. The number of hydrogen-bond donors (Lipinski definition) is 2. The fraction of sp³-hybridized carbons (Fsp3) is 0.471. The lowest BCUT2D eigenvalue weighted by molar-refractivity contribution is 0.0558. The first kappa shape index (κ1) is 14.3. The van der Waals surface area contributed by atoms with E-state index < -0.39 is 5.60 Å². The highest BCUT2D eigenvalue weighted by Gasteiger charge is 2.32. The van der Waals surface area contributed by atoms with Crippen LogP contribution in [0.2, 0.25) is 0 Å². The lowest BCUT2D eigenvalue weighted by Crippen LogP contribution is -2.39. The Morgan fingerprint density at radius 1 is 1.24 bits per heavy atom. The van der Waals surface area contributed by atoms with Crippen LogP contribution in [0.15, 0.2) is 30.3 Å². The Kier molecular flexibility index (Phi) is 3.83. The van der Waals surface area contributed by atoms with Gasteiger partial charge in [0.1, 0.15) is 5.82 Å². The van der Waals surface area contributed by atoms with Gasteiger partial charge in [-0.3, -0.25) is 0 Å². The van der Waals surface area contributed by atoms with Crippen LogP contribution in [0.1, 0.15) is 31.2 Å². The quantitative estimate of drug-likeness (QED) is 0.906. The summed E-state index contributed by atoms with van der Waals surface area (Å²) in [5, 5.41) is 21.1. The molecular formula is C17H22N2O2. The highest BCUT2D eigenvalue weighted by atomic mass is 16.3. The van der Waals surface area contributed by atoms with Crippen molar-refractivity contribution in [2.75, 3.05) is 18.5 Å². The van der Waals surface area contributed by atoms with Crippen molar-refractivity contribution in [3.8, 4) is 0 Å².